The molecule has 0 saturated carbocycles. The normalized spacial score (nSPS) is 12.4. The first kappa shape index (κ1) is 13.6. The number of nitrogens with zero attached hydrogens (tertiary/aromatic N) is 1. The van der Waals surface area contributed by atoms with Crippen LogP contribution < -0.4 is 5.32 Å². The lowest BCUT2D eigenvalue weighted by Gasteiger charge is -2.01. The third-order valence-electron chi connectivity index (χ3n) is 1.76. The van der Waals surface area contributed by atoms with Crippen LogP contribution in [0.5, 0.6) is 0 Å². The molecule has 1 N–H and O–H groups in total. The molecule has 0 saturated heterocycles. The van der Waals surface area contributed by atoms with Crippen molar-refractivity contribution in [3.05, 3.63) is 16.1 Å². The Bertz CT molecular complexity index is 381. The van der Waals surface area contributed by atoms with Crippen molar-refractivity contribution in [2.24, 2.45) is 0 Å². The van der Waals surface area contributed by atoms with Gasteiger partial charge in [0, 0.05) is 34.7 Å². The Hall–Kier alpha value is -0.460. The van der Waals surface area contributed by atoms with Gasteiger partial charge in [0.05, 0.1) is 18.0 Å². The van der Waals surface area contributed by atoms with E-state index in [9.17, 15) is 9.00 Å². The molecule has 4 nitrogen and oxygen atoms in total. The quantitative estimate of drug-likeness (QED) is 0.789. The standard InChI is InChI=1S/C9H13ClN2O2S2/c1-16(14)3-2-11-8(13)4-9-12-7(5-10)6-15-9/h6H,2-5H2,1H3,(H,11,13). The van der Waals surface area contributed by atoms with Gasteiger partial charge in [-0.15, -0.1) is 22.9 Å². The summed E-state index contributed by atoms with van der Waals surface area (Å²) < 4.78 is 10.8. The molecule has 0 radical (unpaired) electrons. The Labute approximate surface area is 106 Å². The Morgan fingerprint density at radius 2 is 2.44 bits per heavy atom. The highest BCUT2D eigenvalue weighted by Gasteiger charge is 2.07. The third-order valence-corrected chi connectivity index (χ3v) is 3.71. The van der Waals surface area contributed by atoms with E-state index in [2.05, 4.69) is 10.3 Å². The average molecular weight is 281 g/mol. The van der Waals surface area contributed by atoms with Crippen molar-refractivity contribution in [3.63, 3.8) is 0 Å². The first-order chi connectivity index (χ1) is 7.61. The van der Waals surface area contributed by atoms with Gasteiger partial charge in [-0.1, -0.05) is 0 Å². The number of nitrogens with one attached hydrogen (secondary N) is 1. The summed E-state index contributed by atoms with van der Waals surface area (Å²) in [7, 11) is -0.871. The van der Waals surface area contributed by atoms with Gasteiger partial charge in [-0.05, 0) is 0 Å². The van der Waals surface area contributed by atoms with Gasteiger partial charge in [0.2, 0.25) is 5.91 Å². The number of aromatic nitrogens is 1. The molecular formula is C9H13ClN2O2S2. The van der Waals surface area contributed by atoms with Crippen LogP contribution in [0.25, 0.3) is 0 Å². The summed E-state index contributed by atoms with van der Waals surface area (Å²) in [6.07, 6.45) is 1.87. The Kier molecular flexibility index (Phi) is 5.94. The maximum absolute atomic E-state index is 11.4. The summed E-state index contributed by atoms with van der Waals surface area (Å²) in [5, 5.41) is 5.29. The summed E-state index contributed by atoms with van der Waals surface area (Å²) in [6.45, 7) is 0.440. The van der Waals surface area contributed by atoms with Crippen LogP contribution in [0.15, 0.2) is 5.38 Å². The zero-order valence-corrected chi connectivity index (χ0v) is 11.3. The SMILES string of the molecule is CS(=O)CCNC(=O)Cc1nc(CCl)cs1. The molecular weight excluding hydrogens is 268 g/mol. The predicted octanol–water partition coefficient (Wildman–Crippen LogP) is 0.919. The van der Waals surface area contributed by atoms with E-state index in [4.69, 9.17) is 11.6 Å². The first-order valence-electron chi connectivity index (χ1n) is 4.67. The first-order valence-corrected chi connectivity index (χ1v) is 7.82. The molecule has 1 aromatic heterocycles. The fraction of sp³-hybridized carbons (Fsp3) is 0.556. The zero-order chi connectivity index (χ0) is 12.0. The average Bonchev–Trinajstić information content (AvgIpc) is 2.65. The molecule has 1 atom stereocenters. The van der Waals surface area contributed by atoms with Gasteiger partial charge in [0.1, 0.15) is 5.01 Å². The maximum Gasteiger partial charge on any atom is 0.226 e. The number of carbonyl (C=O) groups excluding carboxylic acids is 1. The summed E-state index contributed by atoms with van der Waals surface area (Å²) >= 11 is 7.03. The molecule has 0 fully saturated rings. The lowest BCUT2D eigenvalue weighted by molar-refractivity contribution is -0.120. The molecule has 1 aromatic rings. The summed E-state index contributed by atoms with van der Waals surface area (Å²) in [4.78, 5) is 15.6. The van der Waals surface area contributed by atoms with Crippen molar-refractivity contribution in [2.75, 3.05) is 18.6 Å². The number of hydrogen-bond donors (Lipinski definition) is 1. The van der Waals surface area contributed by atoms with E-state index < -0.39 is 10.8 Å². The van der Waals surface area contributed by atoms with Crippen LogP contribution in [-0.4, -0.2) is 33.7 Å². The predicted molar refractivity (Wildman–Crippen MR) is 67.3 cm³/mol. The Morgan fingerprint density at radius 1 is 1.69 bits per heavy atom. The number of halogens is 1. The molecule has 90 valence electrons. The van der Waals surface area contributed by atoms with Gasteiger partial charge in [-0.3, -0.25) is 9.00 Å². The van der Waals surface area contributed by atoms with E-state index in [1.807, 2.05) is 5.38 Å². The van der Waals surface area contributed by atoms with E-state index in [0.717, 1.165) is 10.7 Å². The Morgan fingerprint density at radius 3 is 3.00 bits per heavy atom. The zero-order valence-electron chi connectivity index (χ0n) is 8.86. The van der Waals surface area contributed by atoms with Crippen LogP contribution in [0.4, 0.5) is 0 Å². The lowest BCUT2D eigenvalue weighted by atomic mass is 10.4. The smallest absolute Gasteiger partial charge is 0.226 e. The molecule has 0 aliphatic rings. The molecule has 0 spiro atoms. The molecule has 16 heavy (non-hydrogen) atoms. The largest absolute Gasteiger partial charge is 0.355 e. The topological polar surface area (TPSA) is 59.1 Å². The van der Waals surface area contributed by atoms with E-state index in [1.165, 1.54) is 11.3 Å². The number of hydrogen-bond acceptors (Lipinski definition) is 4. The minimum Gasteiger partial charge on any atom is -0.355 e. The lowest BCUT2D eigenvalue weighted by Crippen LogP contribution is -2.28. The number of alkyl halides is 1. The second kappa shape index (κ2) is 6.98. The molecule has 0 aliphatic carbocycles. The summed E-state index contributed by atoms with van der Waals surface area (Å²) in [6, 6.07) is 0. The van der Waals surface area contributed by atoms with Crippen LogP contribution in [0.1, 0.15) is 10.7 Å². The highest BCUT2D eigenvalue weighted by molar-refractivity contribution is 7.84. The van der Waals surface area contributed by atoms with Crippen LogP contribution in [0.3, 0.4) is 0 Å². The van der Waals surface area contributed by atoms with E-state index in [0.29, 0.717) is 18.2 Å². The molecule has 1 heterocycles. The van der Waals surface area contributed by atoms with Crippen LogP contribution in [0, 0.1) is 0 Å². The molecule has 0 aromatic carbocycles. The third kappa shape index (κ3) is 5.05. The summed E-state index contributed by atoms with van der Waals surface area (Å²) in [5.74, 6) is 0.754. The number of rotatable bonds is 6. The number of amides is 1. The van der Waals surface area contributed by atoms with Gasteiger partial charge in [0.15, 0.2) is 0 Å². The second-order valence-corrected chi connectivity index (χ2v) is 5.93. The number of carbonyl (C=O) groups is 1. The molecule has 1 unspecified atom stereocenters. The number of thiazole rings is 1. The van der Waals surface area contributed by atoms with Crippen LogP contribution in [-0.2, 0) is 27.9 Å². The monoisotopic (exact) mass is 280 g/mol. The van der Waals surface area contributed by atoms with Crippen molar-refractivity contribution in [1.82, 2.24) is 10.3 Å². The van der Waals surface area contributed by atoms with Crippen molar-refractivity contribution in [1.29, 1.82) is 0 Å². The van der Waals surface area contributed by atoms with E-state index >= 15 is 0 Å². The van der Waals surface area contributed by atoms with E-state index in [-0.39, 0.29) is 12.3 Å². The minimum absolute atomic E-state index is 0.0964. The van der Waals surface area contributed by atoms with Gasteiger partial charge in [0.25, 0.3) is 0 Å². The highest BCUT2D eigenvalue weighted by Crippen LogP contribution is 2.11. The van der Waals surface area contributed by atoms with E-state index in [1.54, 1.807) is 6.26 Å². The minimum atomic E-state index is -0.871. The van der Waals surface area contributed by atoms with Gasteiger partial charge < -0.3 is 5.32 Å². The molecule has 0 aliphatic heterocycles. The fourth-order valence-electron chi connectivity index (χ4n) is 1.03. The van der Waals surface area contributed by atoms with Crippen LogP contribution in [0.2, 0.25) is 0 Å². The van der Waals surface area contributed by atoms with Crippen molar-refractivity contribution in [2.45, 2.75) is 12.3 Å². The maximum atomic E-state index is 11.4. The molecule has 1 amide bonds. The van der Waals surface area contributed by atoms with Crippen molar-refractivity contribution in [3.8, 4) is 0 Å². The fourth-order valence-corrected chi connectivity index (χ4v) is 2.44. The van der Waals surface area contributed by atoms with Gasteiger partial charge in [-0.2, -0.15) is 0 Å². The second-order valence-electron chi connectivity index (χ2n) is 3.17. The van der Waals surface area contributed by atoms with Gasteiger partial charge in [-0.25, -0.2) is 4.98 Å². The summed E-state index contributed by atoms with van der Waals surface area (Å²) in [5.41, 5.74) is 0.795. The van der Waals surface area contributed by atoms with Crippen LogP contribution >= 0.6 is 22.9 Å². The molecule has 0 bridgehead atoms. The van der Waals surface area contributed by atoms with Crippen molar-refractivity contribution >= 4 is 39.6 Å². The highest BCUT2D eigenvalue weighted by atomic mass is 35.5. The van der Waals surface area contributed by atoms with Gasteiger partial charge >= 0.3 is 0 Å². The molecule has 7 heteroatoms. The molecule has 1 rings (SSSR count). The Balaban J connectivity index is 2.31. The van der Waals surface area contributed by atoms with Crippen molar-refractivity contribution < 1.29 is 9.00 Å².